The van der Waals surface area contributed by atoms with Crippen LogP contribution in [0, 0.1) is 6.92 Å². The number of nitrogens with one attached hydrogen (secondary N) is 1. The van der Waals surface area contributed by atoms with Crippen LogP contribution in [-0.2, 0) is 0 Å². The molecule has 1 N–H and O–H groups in total. The van der Waals surface area contributed by atoms with Crippen molar-refractivity contribution in [3.8, 4) is 21.8 Å². The van der Waals surface area contributed by atoms with Crippen molar-refractivity contribution in [3.63, 3.8) is 0 Å². The van der Waals surface area contributed by atoms with E-state index in [2.05, 4.69) is 39.9 Å². The smallest absolute Gasteiger partial charge is 0.152 e. The molecule has 0 aliphatic carbocycles. The van der Waals surface area contributed by atoms with Crippen LogP contribution in [0.1, 0.15) is 5.69 Å². The van der Waals surface area contributed by atoms with E-state index in [-0.39, 0.29) is 0 Å². The molecule has 0 aliphatic heterocycles. The fraction of sp³-hybridized carbons (Fsp3) is 0.0417. The van der Waals surface area contributed by atoms with Crippen molar-refractivity contribution in [2.75, 3.05) is 5.32 Å². The molecule has 0 aliphatic rings. The number of benzene rings is 3. The van der Waals surface area contributed by atoms with Crippen molar-refractivity contribution in [2.45, 2.75) is 6.92 Å². The summed E-state index contributed by atoms with van der Waals surface area (Å²) in [4.78, 5) is 14.1. The molecule has 2 aromatic heterocycles. The first-order valence-corrected chi connectivity index (χ1v) is 10.3. The van der Waals surface area contributed by atoms with Crippen LogP contribution in [-0.4, -0.2) is 15.0 Å². The molecule has 0 amide bonds. The number of aromatic nitrogens is 3. The topological polar surface area (TPSA) is 50.7 Å². The zero-order valence-corrected chi connectivity index (χ0v) is 16.6. The van der Waals surface area contributed by atoms with E-state index in [1.807, 2.05) is 61.5 Å². The number of anilines is 2. The van der Waals surface area contributed by atoms with Crippen molar-refractivity contribution < 1.29 is 0 Å². The monoisotopic (exact) mass is 394 g/mol. The van der Waals surface area contributed by atoms with Crippen LogP contribution in [0.3, 0.4) is 0 Å². The van der Waals surface area contributed by atoms with Gasteiger partial charge < -0.3 is 5.32 Å². The summed E-state index contributed by atoms with van der Waals surface area (Å²) in [7, 11) is 0. The molecule has 0 saturated heterocycles. The van der Waals surface area contributed by atoms with Crippen LogP contribution in [0.5, 0.6) is 0 Å². The van der Waals surface area contributed by atoms with E-state index < -0.39 is 0 Å². The third kappa shape index (κ3) is 3.60. The molecule has 5 heteroatoms. The summed E-state index contributed by atoms with van der Waals surface area (Å²) in [6.45, 7) is 1.97. The van der Waals surface area contributed by atoms with Crippen LogP contribution in [0.4, 0.5) is 11.5 Å². The summed E-state index contributed by atoms with van der Waals surface area (Å²) in [6, 6.07) is 26.4. The van der Waals surface area contributed by atoms with E-state index in [1.54, 1.807) is 11.3 Å². The van der Waals surface area contributed by atoms with E-state index in [0.717, 1.165) is 50.1 Å². The van der Waals surface area contributed by atoms with Gasteiger partial charge in [-0.2, -0.15) is 0 Å². The van der Waals surface area contributed by atoms with E-state index in [1.165, 1.54) is 0 Å². The predicted molar refractivity (Wildman–Crippen MR) is 121 cm³/mol. The van der Waals surface area contributed by atoms with Crippen molar-refractivity contribution in [1.82, 2.24) is 15.0 Å². The average Bonchev–Trinajstić information content (AvgIpc) is 3.26. The number of rotatable bonds is 4. The van der Waals surface area contributed by atoms with Crippen LogP contribution in [0.2, 0.25) is 0 Å². The zero-order chi connectivity index (χ0) is 19.6. The number of nitrogens with zero attached hydrogens (tertiary/aromatic N) is 3. The molecule has 0 bridgehead atoms. The summed E-state index contributed by atoms with van der Waals surface area (Å²) < 4.78 is 0. The Bertz CT molecular complexity index is 1280. The van der Waals surface area contributed by atoms with Crippen LogP contribution in [0.25, 0.3) is 32.9 Å². The SMILES string of the molecule is Cc1nc2ccccc2nc1Nc1ccc(-c2csc(-c3ccccc3)n2)cc1. The Morgan fingerprint density at radius 3 is 2.14 bits per heavy atom. The Kier molecular flexibility index (Phi) is 4.50. The number of hydrogen-bond donors (Lipinski definition) is 1. The van der Waals surface area contributed by atoms with Gasteiger partial charge in [0.15, 0.2) is 5.82 Å². The van der Waals surface area contributed by atoms with Crippen LogP contribution >= 0.6 is 11.3 Å². The molecule has 0 spiro atoms. The number of fused-ring (bicyclic) bond motifs is 1. The van der Waals surface area contributed by atoms with Gasteiger partial charge in [0, 0.05) is 22.2 Å². The second kappa shape index (κ2) is 7.45. The van der Waals surface area contributed by atoms with Gasteiger partial charge in [-0.3, -0.25) is 0 Å². The maximum absolute atomic E-state index is 4.79. The zero-order valence-electron chi connectivity index (χ0n) is 15.8. The van der Waals surface area contributed by atoms with Gasteiger partial charge >= 0.3 is 0 Å². The lowest BCUT2D eigenvalue weighted by atomic mass is 10.1. The largest absolute Gasteiger partial charge is 0.339 e. The first kappa shape index (κ1) is 17.5. The van der Waals surface area contributed by atoms with E-state index in [4.69, 9.17) is 9.97 Å². The number of aryl methyl sites for hydroxylation is 1. The first-order chi connectivity index (χ1) is 14.3. The molecule has 2 heterocycles. The Hall–Kier alpha value is -3.57. The fourth-order valence-electron chi connectivity index (χ4n) is 3.19. The minimum Gasteiger partial charge on any atom is -0.339 e. The van der Waals surface area contributed by atoms with Gasteiger partial charge in [0.05, 0.1) is 22.4 Å². The maximum Gasteiger partial charge on any atom is 0.152 e. The molecule has 0 fully saturated rings. The minimum absolute atomic E-state index is 0.775. The van der Waals surface area contributed by atoms with Crippen molar-refractivity contribution >= 4 is 33.9 Å². The molecule has 4 nitrogen and oxygen atoms in total. The molecule has 0 atom stereocenters. The lowest BCUT2D eigenvalue weighted by Crippen LogP contribution is -1.99. The Balaban J connectivity index is 1.38. The van der Waals surface area contributed by atoms with E-state index >= 15 is 0 Å². The molecule has 140 valence electrons. The minimum atomic E-state index is 0.775. The number of para-hydroxylation sites is 2. The first-order valence-electron chi connectivity index (χ1n) is 9.38. The Morgan fingerprint density at radius 2 is 1.38 bits per heavy atom. The average molecular weight is 395 g/mol. The Morgan fingerprint density at radius 1 is 0.690 bits per heavy atom. The molecular formula is C24H18N4S. The van der Waals surface area contributed by atoms with Crippen LogP contribution in [0.15, 0.2) is 84.2 Å². The third-order valence-corrected chi connectivity index (χ3v) is 5.60. The summed E-state index contributed by atoms with van der Waals surface area (Å²) in [6.07, 6.45) is 0. The van der Waals surface area contributed by atoms with Gasteiger partial charge in [-0.15, -0.1) is 11.3 Å². The highest BCUT2D eigenvalue weighted by Gasteiger charge is 2.08. The highest BCUT2D eigenvalue weighted by molar-refractivity contribution is 7.13. The molecule has 0 unspecified atom stereocenters. The van der Waals surface area contributed by atoms with Crippen molar-refractivity contribution in [2.24, 2.45) is 0 Å². The molecular weight excluding hydrogens is 376 g/mol. The standard InChI is InChI=1S/C24H18N4S/c1-16-23(27-21-10-6-5-9-20(21)25-16)26-19-13-11-17(12-14-19)22-15-29-24(28-22)18-7-3-2-4-8-18/h2-15H,1H3,(H,26,27). The predicted octanol–water partition coefficient (Wildman–Crippen LogP) is 6.47. The number of hydrogen-bond acceptors (Lipinski definition) is 5. The van der Waals surface area contributed by atoms with Gasteiger partial charge in [-0.05, 0) is 31.2 Å². The summed E-state index contributed by atoms with van der Waals surface area (Å²) in [5, 5.41) is 6.52. The van der Waals surface area contributed by atoms with Crippen molar-refractivity contribution in [1.29, 1.82) is 0 Å². The fourth-order valence-corrected chi connectivity index (χ4v) is 4.02. The van der Waals surface area contributed by atoms with Gasteiger partial charge in [0.2, 0.25) is 0 Å². The second-order valence-electron chi connectivity index (χ2n) is 6.75. The maximum atomic E-state index is 4.79. The quantitative estimate of drug-likeness (QED) is 0.379. The summed E-state index contributed by atoms with van der Waals surface area (Å²) in [5.41, 5.74) is 6.86. The highest BCUT2D eigenvalue weighted by atomic mass is 32.1. The molecule has 0 radical (unpaired) electrons. The normalized spacial score (nSPS) is 10.9. The molecule has 0 saturated carbocycles. The second-order valence-corrected chi connectivity index (χ2v) is 7.61. The van der Waals surface area contributed by atoms with Gasteiger partial charge in [-0.1, -0.05) is 54.6 Å². The van der Waals surface area contributed by atoms with Gasteiger partial charge in [0.25, 0.3) is 0 Å². The van der Waals surface area contributed by atoms with Gasteiger partial charge in [0.1, 0.15) is 5.01 Å². The van der Waals surface area contributed by atoms with Gasteiger partial charge in [-0.25, -0.2) is 15.0 Å². The number of thiazole rings is 1. The molecule has 29 heavy (non-hydrogen) atoms. The highest BCUT2D eigenvalue weighted by Crippen LogP contribution is 2.30. The van der Waals surface area contributed by atoms with Crippen LogP contribution < -0.4 is 5.32 Å². The molecule has 3 aromatic carbocycles. The lowest BCUT2D eigenvalue weighted by molar-refractivity contribution is 1.18. The lowest BCUT2D eigenvalue weighted by Gasteiger charge is -2.10. The third-order valence-electron chi connectivity index (χ3n) is 4.71. The molecule has 5 aromatic rings. The van der Waals surface area contributed by atoms with Crippen molar-refractivity contribution in [3.05, 3.63) is 89.9 Å². The van der Waals surface area contributed by atoms with E-state index in [0.29, 0.717) is 0 Å². The summed E-state index contributed by atoms with van der Waals surface area (Å²) in [5.74, 6) is 0.775. The van der Waals surface area contributed by atoms with E-state index in [9.17, 15) is 0 Å². The molecule has 5 rings (SSSR count). The Labute approximate surface area is 172 Å². The summed E-state index contributed by atoms with van der Waals surface area (Å²) >= 11 is 1.66.